The maximum Gasteiger partial charge on any atom is 0.424 e. The minimum absolute atomic E-state index is 0.00566. The zero-order chi connectivity index (χ0) is 33.1. The predicted molar refractivity (Wildman–Crippen MR) is 159 cm³/mol. The number of hydrogen-bond acceptors (Lipinski definition) is 7. The molecule has 0 radical (unpaired) electrons. The van der Waals surface area contributed by atoms with Gasteiger partial charge in [-0.2, -0.15) is 13.2 Å². The van der Waals surface area contributed by atoms with Gasteiger partial charge in [-0.1, -0.05) is 6.07 Å². The fraction of sp³-hybridized carbons (Fsp3) is 0.273. The quantitative estimate of drug-likeness (QED) is 0.184. The van der Waals surface area contributed by atoms with Crippen LogP contribution in [0, 0.1) is 5.82 Å². The fourth-order valence-corrected chi connectivity index (χ4v) is 4.76. The number of pyridine rings is 2. The molecule has 46 heavy (non-hydrogen) atoms. The minimum Gasteiger partial charge on any atom is -0.491 e. The lowest BCUT2D eigenvalue weighted by molar-refractivity contribution is -0.265. The van der Waals surface area contributed by atoms with Gasteiger partial charge >= 0.3 is 6.18 Å². The van der Waals surface area contributed by atoms with Crippen LogP contribution in [0.15, 0.2) is 73.1 Å². The third-order valence-electron chi connectivity index (χ3n) is 7.25. The molecule has 0 unspecified atom stereocenters. The van der Waals surface area contributed by atoms with Gasteiger partial charge in [0.05, 0.1) is 31.4 Å². The summed E-state index contributed by atoms with van der Waals surface area (Å²) in [5.41, 5.74) is 1.99. The number of rotatable bonds is 12. The molecule has 4 aromatic rings. The highest BCUT2D eigenvalue weighted by Crippen LogP contribution is 2.42. The topological polar surface area (TPSA) is 137 Å². The van der Waals surface area contributed by atoms with Crippen LogP contribution in [0.5, 0.6) is 11.5 Å². The number of primary amides is 1. The van der Waals surface area contributed by atoms with Crippen LogP contribution >= 0.6 is 0 Å². The Morgan fingerprint density at radius 3 is 2.41 bits per heavy atom. The number of ether oxygens (including phenoxy) is 2. The van der Waals surface area contributed by atoms with Gasteiger partial charge in [-0.25, -0.2) is 9.37 Å². The first-order chi connectivity index (χ1) is 21.9. The molecule has 0 aliphatic heterocycles. The Balaban J connectivity index is 1.52. The van der Waals surface area contributed by atoms with Crippen molar-refractivity contribution in [3.05, 3.63) is 95.7 Å². The van der Waals surface area contributed by atoms with Crippen molar-refractivity contribution in [2.45, 2.75) is 44.1 Å². The molecule has 1 atom stereocenters. The Morgan fingerprint density at radius 2 is 1.80 bits per heavy atom. The van der Waals surface area contributed by atoms with Gasteiger partial charge in [-0.3, -0.25) is 14.6 Å². The van der Waals surface area contributed by atoms with Gasteiger partial charge in [-0.05, 0) is 74.4 Å². The largest absolute Gasteiger partial charge is 0.491 e. The van der Waals surface area contributed by atoms with Crippen LogP contribution in [-0.4, -0.2) is 52.3 Å². The molecule has 1 fully saturated rings. The van der Waals surface area contributed by atoms with E-state index in [-0.39, 0.29) is 40.8 Å². The molecule has 2 aromatic heterocycles. The van der Waals surface area contributed by atoms with Crippen LogP contribution in [0.3, 0.4) is 0 Å². The second kappa shape index (κ2) is 13.1. The molecule has 2 aromatic carbocycles. The van der Waals surface area contributed by atoms with Crippen molar-refractivity contribution in [1.29, 1.82) is 0 Å². The van der Waals surface area contributed by atoms with Gasteiger partial charge in [0.1, 0.15) is 23.0 Å². The highest BCUT2D eigenvalue weighted by molar-refractivity contribution is 5.95. The van der Waals surface area contributed by atoms with Crippen molar-refractivity contribution in [2.75, 3.05) is 13.2 Å². The zero-order valence-electron chi connectivity index (χ0n) is 24.6. The van der Waals surface area contributed by atoms with Crippen LogP contribution in [0.25, 0.3) is 22.4 Å². The molecule has 4 N–H and O–H groups in total. The average Bonchev–Trinajstić information content (AvgIpc) is 3.84. The molecule has 0 bridgehead atoms. The predicted octanol–water partition coefficient (Wildman–Crippen LogP) is 5.10. The molecule has 0 saturated heterocycles. The lowest BCUT2D eigenvalue weighted by Crippen LogP contribution is -2.51. The molecule has 5 rings (SSSR count). The van der Waals surface area contributed by atoms with E-state index in [1.54, 1.807) is 31.5 Å². The first kappa shape index (κ1) is 32.4. The van der Waals surface area contributed by atoms with E-state index in [4.69, 9.17) is 15.2 Å². The summed E-state index contributed by atoms with van der Waals surface area (Å²) in [7, 11) is 0. The van der Waals surface area contributed by atoms with E-state index in [2.05, 4.69) is 15.3 Å². The number of alkyl halides is 3. The van der Waals surface area contributed by atoms with Gasteiger partial charge in [0.2, 0.25) is 11.5 Å². The van der Waals surface area contributed by atoms with Crippen molar-refractivity contribution in [2.24, 2.45) is 5.73 Å². The minimum atomic E-state index is -5.35. The number of nitrogens with zero attached hydrogens (tertiary/aromatic N) is 2. The zero-order valence-corrected chi connectivity index (χ0v) is 24.6. The molecule has 1 aliphatic carbocycles. The molecular formula is C33H30F4N4O5. The van der Waals surface area contributed by atoms with E-state index in [0.29, 0.717) is 11.3 Å². The summed E-state index contributed by atoms with van der Waals surface area (Å²) in [5, 5.41) is 13.4. The number of carbonyl (C=O) groups is 2. The molecule has 0 spiro atoms. The van der Waals surface area contributed by atoms with Gasteiger partial charge in [0.15, 0.2) is 0 Å². The van der Waals surface area contributed by atoms with E-state index in [1.807, 2.05) is 6.07 Å². The van der Waals surface area contributed by atoms with Crippen LogP contribution in [0.1, 0.15) is 41.4 Å². The molecule has 2 heterocycles. The smallest absolute Gasteiger partial charge is 0.424 e. The van der Waals surface area contributed by atoms with Gasteiger partial charge in [0, 0.05) is 40.2 Å². The Labute approximate surface area is 261 Å². The number of carbonyl (C=O) groups excluding carboxylic acids is 2. The highest BCUT2D eigenvalue weighted by atomic mass is 19.4. The molecule has 2 amide bonds. The third-order valence-corrected chi connectivity index (χ3v) is 7.25. The maximum absolute atomic E-state index is 14.7. The Bertz CT molecular complexity index is 1730. The van der Waals surface area contributed by atoms with E-state index in [1.165, 1.54) is 24.3 Å². The van der Waals surface area contributed by atoms with Gasteiger partial charge in [0.25, 0.3) is 5.91 Å². The molecule has 9 nitrogen and oxygen atoms in total. The summed E-state index contributed by atoms with van der Waals surface area (Å²) in [6, 6.07) is 13.6. The number of benzene rings is 2. The number of amides is 2. The molecule has 13 heteroatoms. The summed E-state index contributed by atoms with van der Waals surface area (Å²) in [6.45, 7) is 0.327. The van der Waals surface area contributed by atoms with Crippen molar-refractivity contribution < 1.29 is 41.7 Å². The number of halogens is 4. The summed E-state index contributed by atoms with van der Waals surface area (Å²) < 4.78 is 69.4. The summed E-state index contributed by atoms with van der Waals surface area (Å²) in [5.74, 6) is -2.09. The SMILES string of the molecule is CCOc1c(CC(N)=O)cc([C@@](O)(CNC(=O)c2ccc(-c3cccnc3)c(OC3CC3)c2)C(F)(F)F)nc1-c1ccc(F)cc1. The second-order valence-electron chi connectivity index (χ2n) is 10.7. The van der Waals surface area contributed by atoms with Crippen LogP contribution in [-0.2, 0) is 16.8 Å². The average molecular weight is 639 g/mol. The Morgan fingerprint density at radius 1 is 1.07 bits per heavy atom. The van der Waals surface area contributed by atoms with E-state index < -0.39 is 48.1 Å². The van der Waals surface area contributed by atoms with Crippen molar-refractivity contribution in [1.82, 2.24) is 15.3 Å². The lowest BCUT2D eigenvalue weighted by Gasteiger charge is -2.31. The van der Waals surface area contributed by atoms with Gasteiger partial charge in [-0.15, -0.1) is 0 Å². The summed E-state index contributed by atoms with van der Waals surface area (Å²) >= 11 is 0. The van der Waals surface area contributed by atoms with Crippen molar-refractivity contribution in [3.8, 4) is 33.9 Å². The number of nitrogens with one attached hydrogen (secondary N) is 1. The van der Waals surface area contributed by atoms with Crippen LogP contribution < -0.4 is 20.5 Å². The molecule has 1 saturated carbocycles. The van der Waals surface area contributed by atoms with Gasteiger partial charge < -0.3 is 25.6 Å². The first-order valence-electron chi connectivity index (χ1n) is 14.4. The van der Waals surface area contributed by atoms with E-state index in [0.717, 1.165) is 36.6 Å². The lowest BCUT2D eigenvalue weighted by atomic mass is 9.93. The molecular weight excluding hydrogens is 608 g/mol. The van der Waals surface area contributed by atoms with Crippen molar-refractivity contribution >= 4 is 11.8 Å². The monoisotopic (exact) mass is 638 g/mol. The fourth-order valence-electron chi connectivity index (χ4n) is 4.76. The highest BCUT2D eigenvalue weighted by Gasteiger charge is 2.56. The maximum atomic E-state index is 14.7. The first-order valence-corrected chi connectivity index (χ1v) is 14.4. The standard InChI is InChI=1S/C33H30F4N4O5/c1-2-45-30-22(16-28(38)42)15-27(41-29(30)19-5-8-23(34)9-6-19)32(44,33(35,36)37)18-40-31(43)20-7-12-25(21-4-3-13-39-17-21)26(14-20)46-24-10-11-24/h3-9,12-15,17,24,44H,2,10-11,16,18H2,1H3,(H2,38,42)(H,40,43)/t32-/m0/s1. The number of hydrogen-bond donors (Lipinski definition) is 3. The number of nitrogens with two attached hydrogens (primary N) is 1. The molecule has 240 valence electrons. The Kier molecular flexibility index (Phi) is 9.24. The van der Waals surface area contributed by atoms with E-state index >= 15 is 0 Å². The third kappa shape index (κ3) is 7.09. The number of aliphatic hydroxyl groups is 1. The summed E-state index contributed by atoms with van der Waals surface area (Å²) in [6.07, 6.45) is -1.06. The normalized spacial score (nSPS) is 14.3. The second-order valence-corrected chi connectivity index (χ2v) is 10.7. The molecule has 1 aliphatic rings. The summed E-state index contributed by atoms with van der Waals surface area (Å²) in [4.78, 5) is 33.3. The van der Waals surface area contributed by atoms with Crippen LogP contribution in [0.2, 0.25) is 0 Å². The van der Waals surface area contributed by atoms with Crippen LogP contribution in [0.4, 0.5) is 17.6 Å². The van der Waals surface area contributed by atoms with Crippen molar-refractivity contribution in [3.63, 3.8) is 0 Å². The number of aromatic nitrogens is 2. The van der Waals surface area contributed by atoms with E-state index in [9.17, 15) is 32.3 Å². The Hall–Kier alpha value is -5.04.